The molecule has 2 N–H and O–H groups in total. The van der Waals surface area contributed by atoms with Gasteiger partial charge in [-0.3, -0.25) is 9.69 Å². The summed E-state index contributed by atoms with van der Waals surface area (Å²) in [6.45, 7) is 4.37. The third-order valence-electron chi connectivity index (χ3n) is 4.95. The Morgan fingerprint density at radius 2 is 1.83 bits per heavy atom. The highest BCUT2D eigenvalue weighted by molar-refractivity contribution is 5.89. The van der Waals surface area contributed by atoms with Gasteiger partial charge in [0, 0.05) is 37.3 Å². The van der Waals surface area contributed by atoms with Crippen molar-refractivity contribution < 1.29 is 24.1 Å². The molecule has 1 aliphatic heterocycles. The van der Waals surface area contributed by atoms with Crippen LogP contribution < -0.4 is 10.2 Å². The smallest absolute Gasteiger partial charge is 0.204 e. The van der Waals surface area contributed by atoms with E-state index in [1.54, 1.807) is 0 Å². The van der Waals surface area contributed by atoms with Gasteiger partial charge in [0.05, 0.1) is 19.8 Å². The average Bonchev–Trinajstić information content (AvgIpc) is 2.74. The Bertz CT molecular complexity index is 1040. The molecule has 7 nitrogen and oxygen atoms in total. The highest BCUT2D eigenvalue weighted by Gasteiger charge is 2.19. The van der Waals surface area contributed by atoms with Gasteiger partial charge in [-0.05, 0) is 6.42 Å². The van der Waals surface area contributed by atoms with E-state index in [4.69, 9.17) is 13.9 Å². The molecule has 4 rings (SSSR count). The molecule has 0 atom stereocenters. The highest BCUT2D eigenvalue weighted by Crippen LogP contribution is 2.41. The summed E-state index contributed by atoms with van der Waals surface area (Å²) >= 11 is 0. The topological polar surface area (TPSA) is 92.4 Å². The minimum absolute atomic E-state index is 0.00865. The largest absolute Gasteiger partial charge is 0.504 e. The number of phenols is 2. The number of nitrogens with zero attached hydrogens (tertiary/aromatic N) is 1. The van der Waals surface area contributed by atoms with Crippen molar-refractivity contribution in [1.82, 2.24) is 4.90 Å². The minimum Gasteiger partial charge on any atom is -0.504 e. The first-order chi connectivity index (χ1) is 14.1. The lowest BCUT2D eigenvalue weighted by Crippen LogP contribution is -2.37. The van der Waals surface area contributed by atoms with Crippen LogP contribution in [-0.4, -0.2) is 54.6 Å². The Morgan fingerprint density at radius 1 is 1.07 bits per heavy atom. The molecule has 0 amide bonds. The Labute approximate surface area is 167 Å². The van der Waals surface area contributed by atoms with Crippen LogP contribution in [-0.2, 0) is 4.74 Å². The van der Waals surface area contributed by atoms with E-state index in [2.05, 4.69) is 4.90 Å². The van der Waals surface area contributed by atoms with Gasteiger partial charge in [0.1, 0.15) is 16.7 Å². The fourth-order valence-corrected chi connectivity index (χ4v) is 3.45. The molecule has 0 saturated carbocycles. The van der Waals surface area contributed by atoms with E-state index >= 15 is 0 Å². The monoisotopic (exact) mass is 397 g/mol. The van der Waals surface area contributed by atoms with Crippen molar-refractivity contribution in [1.29, 1.82) is 0 Å². The first-order valence-corrected chi connectivity index (χ1v) is 9.64. The molecule has 152 valence electrons. The third kappa shape index (κ3) is 4.21. The van der Waals surface area contributed by atoms with Gasteiger partial charge in [-0.25, -0.2) is 0 Å². The van der Waals surface area contributed by atoms with Crippen LogP contribution in [0.3, 0.4) is 0 Å². The summed E-state index contributed by atoms with van der Waals surface area (Å²) in [4.78, 5) is 14.9. The van der Waals surface area contributed by atoms with Crippen molar-refractivity contribution >= 4 is 11.0 Å². The molecule has 1 aliphatic rings. The fourth-order valence-electron chi connectivity index (χ4n) is 3.45. The van der Waals surface area contributed by atoms with E-state index in [0.29, 0.717) is 12.4 Å². The summed E-state index contributed by atoms with van der Waals surface area (Å²) in [7, 11) is 0. The van der Waals surface area contributed by atoms with E-state index in [1.165, 1.54) is 12.1 Å². The van der Waals surface area contributed by atoms with Gasteiger partial charge >= 0.3 is 0 Å². The van der Waals surface area contributed by atoms with Crippen molar-refractivity contribution in [2.24, 2.45) is 0 Å². The Balaban J connectivity index is 1.54. The van der Waals surface area contributed by atoms with Crippen LogP contribution in [0.4, 0.5) is 0 Å². The number of fused-ring (bicyclic) bond motifs is 1. The van der Waals surface area contributed by atoms with Crippen molar-refractivity contribution in [3.63, 3.8) is 0 Å². The molecular weight excluding hydrogens is 374 g/mol. The van der Waals surface area contributed by atoms with Gasteiger partial charge in [-0.2, -0.15) is 0 Å². The summed E-state index contributed by atoms with van der Waals surface area (Å²) in [5.41, 5.74) is 0.432. The molecule has 0 aliphatic carbocycles. The number of hydrogen-bond acceptors (Lipinski definition) is 7. The number of rotatable bonds is 6. The van der Waals surface area contributed by atoms with E-state index in [-0.39, 0.29) is 22.5 Å². The Kier molecular flexibility index (Phi) is 5.69. The molecule has 7 heteroatoms. The zero-order valence-electron chi connectivity index (χ0n) is 16.0. The van der Waals surface area contributed by atoms with Gasteiger partial charge in [-0.15, -0.1) is 0 Å². The summed E-state index contributed by atoms with van der Waals surface area (Å²) in [5.74, 6) is -0.408. The number of morpholine rings is 1. The van der Waals surface area contributed by atoms with E-state index in [9.17, 15) is 15.0 Å². The average molecular weight is 397 g/mol. The van der Waals surface area contributed by atoms with Gasteiger partial charge in [0.2, 0.25) is 5.75 Å². The van der Waals surface area contributed by atoms with Crippen LogP contribution in [0.2, 0.25) is 0 Å². The van der Waals surface area contributed by atoms with E-state index in [0.717, 1.165) is 44.8 Å². The quantitative estimate of drug-likeness (QED) is 0.618. The standard InChI is InChI=1S/C22H23NO6/c24-16-13-18(15-5-2-1-3-6-15)29-19-14-17(25)22(21(26)20(16)19)28-10-4-7-23-8-11-27-12-9-23/h1-3,5-6,13-14,25-26H,4,7-12H2. The molecule has 3 aromatic rings. The second-order valence-electron chi connectivity index (χ2n) is 6.94. The van der Waals surface area contributed by atoms with Gasteiger partial charge < -0.3 is 24.1 Å². The maximum absolute atomic E-state index is 12.6. The van der Waals surface area contributed by atoms with Crippen LogP contribution >= 0.6 is 0 Å². The summed E-state index contributed by atoms with van der Waals surface area (Å²) in [6.07, 6.45) is 0.721. The highest BCUT2D eigenvalue weighted by atomic mass is 16.5. The number of ether oxygens (including phenoxy) is 2. The Hall–Kier alpha value is -3.03. The molecule has 0 spiro atoms. The Morgan fingerprint density at radius 3 is 2.59 bits per heavy atom. The molecule has 1 saturated heterocycles. The predicted molar refractivity (Wildman–Crippen MR) is 109 cm³/mol. The van der Waals surface area contributed by atoms with Crippen LogP contribution in [0.5, 0.6) is 17.2 Å². The number of aromatic hydroxyl groups is 2. The molecule has 1 fully saturated rings. The number of phenolic OH excluding ortho intramolecular Hbond substituents is 2. The summed E-state index contributed by atoms with van der Waals surface area (Å²) in [6, 6.07) is 11.8. The van der Waals surface area contributed by atoms with Crippen molar-refractivity contribution in [2.75, 3.05) is 39.5 Å². The van der Waals surface area contributed by atoms with Crippen LogP contribution in [0, 0.1) is 0 Å². The molecule has 2 heterocycles. The lowest BCUT2D eigenvalue weighted by Gasteiger charge is -2.26. The molecule has 0 bridgehead atoms. The molecule has 29 heavy (non-hydrogen) atoms. The van der Waals surface area contributed by atoms with Crippen molar-refractivity contribution in [2.45, 2.75) is 6.42 Å². The van der Waals surface area contributed by atoms with Crippen LogP contribution in [0.25, 0.3) is 22.3 Å². The minimum atomic E-state index is -0.403. The maximum atomic E-state index is 12.6. The molecule has 2 aromatic carbocycles. The van der Waals surface area contributed by atoms with Crippen molar-refractivity contribution in [3.8, 4) is 28.6 Å². The number of hydrogen-bond donors (Lipinski definition) is 2. The van der Waals surface area contributed by atoms with Crippen LogP contribution in [0.1, 0.15) is 6.42 Å². The maximum Gasteiger partial charge on any atom is 0.204 e. The molecule has 1 aromatic heterocycles. The first kappa shape index (κ1) is 19.3. The fraction of sp³-hybridized carbons (Fsp3) is 0.318. The second kappa shape index (κ2) is 8.55. The van der Waals surface area contributed by atoms with Gasteiger partial charge in [0.15, 0.2) is 16.9 Å². The first-order valence-electron chi connectivity index (χ1n) is 9.64. The van der Waals surface area contributed by atoms with Gasteiger partial charge in [0.25, 0.3) is 0 Å². The summed E-state index contributed by atoms with van der Waals surface area (Å²) in [5, 5.41) is 20.9. The molecule has 0 radical (unpaired) electrons. The van der Waals surface area contributed by atoms with Crippen molar-refractivity contribution in [3.05, 3.63) is 52.7 Å². The zero-order valence-corrected chi connectivity index (χ0v) is 16.0. The van der Waals surface area contributed by atoms with Gasteiger partial charge in [-0.1, -0.05) is 30.3 Å². The second-order valence-corrected chi connectivity index (χ2v) is 6.94. The third-order valence-corrected chi connectivity index (χ3v) is 4.95. The molecule has 0 unspecified atom stereocenters. The lowest BCUT2D eigenvalue weighted by atomic mass is 10.1. The normalized spacial score (nSPS) is 14.9. The van der Waals surface area contributed by atoms with E-state index < -0.39 is 11.2 Å². The van der Waals surface area contributed by atoms with Crippen LogP contribution in [0.15, 0.2) is 51.7 Å². The lowest BCUT2D eigenvalue weighted by molar-refractivity contribution is 0.0357. The predicted octanol–water partition coefficient (Wildman–Crippen LogP) is 2.97. The SMILES string of the molecule is O=c1cc(-c2ccccc2)oc2cc(O)c(OCCCN3CCOCC3)c(O)c12. The summed E-state index contributed by atoms with van der Waals surface area (Å²) < 4.78 is 16.7. The zero-order chi connectivity index (χ0) is 20.2. The van der Waals surface area contributed by atoms with E-state index in [1.807, 2.05) is 30.3 Å². The number of benzene rings is 2. The molecular formula is C22H23NO6.